The molecule has 6 nitrogen and oxygen atoms in total. The van der Waals surface area contributed by atoms with Crippen LogP contribution in [0.5, 0.6) is 0 Å². The van der Waals surface area contributed by atoms with Gasteiger partial charge in [0.05, 0.1) is 34.0 Å². The highest BCUT2D eigenvalue weighted by atomic mass is 14.9. The van der Waals surface area contributed by atoms with Crippen molar-refractivity contribution in [2.75, 3.05) is 0 Å². The summed E-state index contributed by atoms with van der Waals surface area (Å²) in [7, 11) is 0. The molecule has 14 aromatic rings. The Balaban J connectivity index is 0.938. The van der Waals surface area contributed by atoms with E-state index in [0.29, 0.717) is 17.5 Å². The number of aromatic nitrogens is 6. The highest BCUT2D eigenvalue weighted by Crippen LogP contribution is 2.41. The number of hydrogen-bond donors (Lipinski definition) is 0. The predicted octanol–water partition coefficient (Wildman–Crippen LogP) is 19.2. The molecular weight excluding hydrogens is 997 g/mol. The molecule has 0 radical (unpaired) electrons. The minimum Gasteiger partial charge on any atom is -0.228 e. The largest absolute Gasteiger partial charge is 0.228 e. The first-order valence-electron chi connectivity index (χ1n) is 27.5. The van der Waals surface area contributed by atoms with Crippen LogP contribution in [0, 0.1) is 0 Å². The summed E-state index contributed by atoms with van der Waals surface area (Å²) < 4.78 is 0. The fourth-order valence-corrected chi connectivity index (χ4v) is 10.7. The first kappa shape index (κ1) is 49.2. The van der Waals surface area contributed by atoms with Gasteiger partial charge >= 0.3 is 0 Å². The van der Waals surface area contributed by atoms with E-state index in [1.807, 2.05) is 72.8 Å². The Labute approximate surface area is 476 Å². The standard InChI is InChI=1S/C76H50N6/c1-7-19-51(20-8-1)53-31-33-55(34-32-53)65-47-66(56-37-35-54(36-38-56)52-21-9-2-10-22-52)73-67(48-65)72(61-39-41-62(42-40-61)74-77-68(57-23-11-3-12-24-57)49-69(78-74)58-25-13-4-14-26-58)81-76(82-73)64-45-43-63(44-46-64)75-79-70(59-27-15-5-16-28-59)50-71(80-75)60-29-17-6-18-30-60/h1-50H. The van der Waals surface area contributed by atoms with Gasteiger partial charge in [-0.3, -0.25) is 0 Å². The Morgan fingerprint density at radius 2 is 0.439 bits per heavy atom. The van der Waals surface area contributed by atoms with Crippen molar-refractivity contribution in [1.82, 2.24) is 29.9 Å². The van der Waals surface area contributed by atoms with Crippen molar-refractivity contribution in [3.05, 3.63) is 303 Å². The van der Waals surface area contributed by atoms with Crippen molar-refractivity contribution < 1.29 is 0 Å². The van der Waals surface area contributed by atoms with Crippen LogP contribution in [0.2, 0.25) is 0 Å². The molecule has 3 heterocycles. The van der Waals surface area contributed by atoms with Crippen LogP contribution >= 0.6 is 0 Å². The van der Waals surface area contributed by atoms with E-state index in [-0.39, 0.29) is 0 Å². The van der Waals surface area contributed by atoms with E-state index in [2.05, 4.69) is 231 Å². The maximum Gasteiger partial charge on any atom is 0.160 e. The summed E-state index contributed by atoms with van der Waals surface area (Å²) in [5.41, 5.74) is 21.5. The molecule has 0 fully saturated rings. The van der Waals surface area contributed by atoms with E-state index < -0.39 is 0 Å². The summed E-state index contributed by atoms with van der Waals surface area (Å²) >= 11 is 0. The third kappa shape index (κ3) is 10.2. The van der Waals surface area contributed by atoms with Crippen LogP contribution < -0.4 is 0 Å². The minimum atomic E-state index is 0.593. The van der Waals surface area contributed by atoms with Crippen LogP contribution in [0.4, 0.5) is 0 Å². The average Bonchev–Trinajstić information content (AvgIpc) is 3.74. The number of fused-ring (bicyclic) bond motifs is 1. The van der Waals surface area contributed by atoms with Crippen molar-refractivity contribution in [3.63, 3.8) is 0 Å². The van der Waals surface area contributed by atoms with Crippen LogP contribution in [0.15, 0.2) is 303 Å². The first-order chi connectivity index (χ1) is 40.6. The van der Waals surface area contributed by atoms with Gasteiger partial charge in [-0.1, -0.05) is 279 Å². The molecule has 384 valence electrons. The van der Waals surface area contributed by atoms with Crippen molar-refractivity contribution >= 4 is 10.9 Å². The Bertz CT molecular complexity index is 4410. The molecule has 0 N–H and O–H groups in total. The molecule has 0 atom stereocenters. The molecular formula is C76H50N6. The molecule has 82 heavy (non-hydrogen) atoms. The highest BCUT2D eigenvalue weighted by molar-refractivity contribution is 6.05. The van der Waals surface area contributed by atoms with E-state index in [9.17, 15) is 0 Å². The van der Waals surface area contributed by atoms with Crippen LogP contribution in [0.3, 0.4) is 0 Å². The second kappa shape index (κ2) is 22.0. The van der Waals surface area contributed by atoms with Gasteiger partial charge in [0.15, 0.2) is 17.5 Å². The average molecular weight is 1050 g/mol. The summed E-state index contributed by atoms with van der Waals surface area (Å²) in [6.07, 6.45) is 0. The number of hydrogen-bond acceptors (Lipinski definition) is 6. The Morgan fingerprint density at radius 1 is 0.171 bits per heavy atom. The first-order valence-corrected chi connectivity index (χ1v) is 27.5. The SMILES string of the molecule is c1ccc(-c2ccc(-c3cc(-c4ccc(-c5ccccc5)cc4)c4nc(-c5ccc(-c6nc(-c7ccccc7)cc(-c7ccccc7)n6)cc5)nc(-c5ccc(-c6nc(-c7ccccc7)cc(-c7ccccc7)n6)cc5)c4c3)cc2)cc1. The monoisotopic (exact) mass is 1050 g/mol. The van der Waals surface area contributed by atoms with Gasteiger partial charge in [-0.25, -0.2) is 29.9 Å². The predicted molar refractivity (Wildman–Crippen MR) is 336 cm³/mol. The zero-order valence-electron chi connectivity index (χ0n) is 44.6. The third-order valence-electron chi connectivity index (χ3n) is 15.0. The van der Waals surface area contributed by atoms with Gasteiger partial charge in [0.2, 0.25) is 0 Å². The fraction of sp³-hybridized carbons (Fsp3) is 0. The molecule has 0 spiro atoms. The van der Waals surface area contributed by atoms with E-state index in [1.54, 1.807) is 0 Å². The quantitative estimate of drug-likeness (QED) is 0.121. The second-order valence-corrected chi connectivity index (χ2v) is 20.2. The lowest BCUT2D eigenvalue weighted by molar-refractivity contribution is 1.18. The molecule has 0 aliphatic heterocycles. The van der Waals surface area contributed by atoms with Crippen molar-refractivity contribution in [1.29, 1.82) is 0 Å². The van der Waals surface area contributed by atoms with Crippen LogP contribution in [-0.2, 0) is 0 Å². The molecule has 14 rings (SSSR count). The molecule has 0 saturated carbocycles. The topological polar surface area (TPSA) is 77.3 Å². The highest BCUT2D eigenvalue weighted by Gasteiger charge is 2.20. The van der Waals surface area contributed by atoms with Gasteiger partial charge in [-0.05, 0) is 63.2 Å². The summed E-state index contributed by atoms with van der Waals surface area (Å²) in [6, 6.07) is 105. The van der Waals surface area contributed by atoms with E-state index in [4.69, 9.17) is 29.9 Å². The molecule has 11 aromatic carbocycles. The van der Waals surface area contributed by atoms with E-state index in [1.165, 1.54) is 5.56 Å². The fourth-order valence-electron chi connectivity index (χ4n) is 10.7. The van der Waals surface area contributed by atoms with Gasteiger partial charge < -0.3 is 0 Å². The Hall–Kier alpha value is -11.1. The second-order valence-electron chi connectivity index (χ2n) is 20.2. The van der Waals surface area contributed by atoms with E-state index >= 15 is 0 Å². The normalized spacial score (nSPS) is 11.2. The van der Waals surface area contributed by atoms with Crippen molar-refractivity contribution in [2.45, 2.75) is 0 Å². The lowest BCUT2D eigenvalue weighted by Gasteiger charge is -2.16. The van der Waals surface area contributed by atoms with Gasteiger partial charge in [0, 0.05) is 55.5 Å². The molecule has 6 heteroatoms. The van der Waals surface area contributed by atoms with Gasteiger partial charge in [0.1, 0.15) is 0 Å². The van der Waals surface area contributed by atoms with E-state index in [0.717, 1.165) is 123 Å². The lowest BCUT2D eigenvalue weighted by Crippen LogP contribution is -1.99. The van der Waals surface area contributed by atoms with Gasteiger partial charge in [-0.15, -0.1) is 0 Å². The van der Waals surface area contributed by atoms with Crippen LogP contribution in [-0.4, -0.2) is 29.9 Å². The number of benzene rings is 11. The molecule has 0 saturated heterocycles. The third-order valence-corrected chi connectivity index (χ3v) is 15.0. The summed E-state index contributed by atoms with van der Waals surface area (Å²) in [5, 5.41) is 0.924. The van der Waals surface area contributed by atoms with Crippen molar-refractivity contribution in [2.24, 2.45) is 0 Å². The molecule has 3 aromatic heterocycles. The number of rotatable bonds is 12. The van der Waals surface area contributed by atoms with Crippen LogP contribution in [0.25, 0.3) is 146 Å². The van der Waals surface area contributed by atoms with Crippen molar-refractivity contribution in [3.8, 4) is 135 Å². The Kier molecular flexibility index (Phi) is 13.2. The smallest absolute Gasteiger partial charge is 0.160 e. The molecule has 0 aliphatic rings. The summed E-state index contributed by atoms with van der Waals surface area (Å²) in [5.74, 6) is 1.86. The maximum absolute atomic E-state index is 5.57. The zero-order valence-corrected chi connectivity index (χ0v) is 44.6. The molecule has 0 unspecified atom stereocenters. The molecule has 0 amide bonds. The maximum atomic E-state index is 5.57. The summed E-state index contributed by atoms with van der Waals surface area (Å²) in [6.45, 7) is 0. The Morgan fingerprint density at radius 3 is 0.793 bits per heavy atom. The zero-order chi connectivity index (χ0) is 54.6. The summed E-state index contributed by atoms with van der Waals surface area (Å²) in [4.78, 5) is 31.7. The molecule has 0 aliphatic carbocycles. The van der Waals surface area contributed by atoms with Gasteiger partial charge in [-0.2, -0.15) is 0 Å². The molecule has 0 bridgehead atoms. The minimum absolute atomic E-state index is 0.593. The van der Waals surface area contributed by atoms with Gasteiger partial charge in [0.25, 0.3) is 0 Å². The lowest BCUT2D eigenvalue weighted by atomic mass is 9.92. The van der Waals surface area contributed by atoms with Crippen LogP contribution in [0.1, 0.15) is 0 Å². The number of nitrogens with zero attached hydrogens (tertiary/aromatic N) is 6.